The summed E-state index contributed by atoms with van der Waals surface area (Å²) in [6, 6.07) is 14.2. The van der Waals surface area contributed by atoms with Crippen LogP contribution in [-0.2, 0) is 29.2 Å². The average Bonchev–Trinajstić information content (AvgIpc) is 3.30. The van der Waals surface area contributed by atoms with E-state index in [1.54, 1.807) is 6.92 Å². The molecule has 0 amide bonds. The molecule has 2 heterocycles. The highest BCUT2D eigenvalue weighted by Crippen LogP contribution is 2.27. The molecule has 0 bridgehead atoms. The van der Waals surface area contributed by atoms with E-state index in [4.69, 9.17) is 4.74 Å². The molecule has 0 fully saturated rings. The Hall–Kier alpha value is -3.85. The second kappa shape index (κ2) is 11.5. The summed E-state index contributed by atoms with van der Waals surface area (Å²) in [5.74, 6) is 0.166. The molecule has 0 aliphatic carbocycles. The zero-order valence-corrected chi connectivity index (χ0v) is 22.1. The van der Waals surface area contributed by atoms with Crippen molar-refractivity contribution < 1.29 is 9.53 Å². The zero-order valence-electron chi connectivity index (χ0n) is 22.1. The molecular formula is C28H34N6O3. The molecule has 2 aromatic carbocycles. The van der Waals surface area contributed by atoms with Crippen molar-refractivity contribution in [1.29, 1.82) is 0 Å². The van der Waals surface area contributed by atoms with Crippen LogP contribution in [0.15, 0.2) is 47.3 Å². The Morgan fingerprint density at radius 3 is 2.49 bits per heavy atom. The smallest absolute Gasteiger partial charge is 0.327 e. The van der Waals surface area contributed by atoms with E-state index in [9.17, 15) is 9.59 Å². The molecule has 37 heavy (non-hydrogen) atoms. The topological polar surface area (TPSA) is 106 Å². The highest BCUT2D eigenvalue weighted by atomic mass is 16.5. The van der Waals surface area contributed by atoms with Gasteiger partial charge in [0.25, 0.3) is 5.56 Å². The second-order valence-electron chi connectivity index (χ2n) is 9.46. The number of nitrogens with one attached hydrogen (secondary N) is 1. The Morgan fingerprint density at radius 1 is 1.05 bits per heavy atom. The monoisotopic (exact) mass is 502 g/mol. The summed E-state index contributed by atoms with van der Waals surface area (Å²) in [6.07, 6.45) is 0.679. The number of carbonyl (C=O) groups excluding carboxylic acids is 1. The first-order valence-corrected chi connectivity index (χ1v) is 12.6. The van der Waals surface area contributed by atoms with E-state index in [1.807, 2.05) is 26.0 Å². The predicted octanol–water partition coefficient (Wildman–Crippen LogP) is 4.16. The van der Waals surface area contributed by atoms with E-state index in [2.05, 4.69) is 69.6 Å². The van der Waals surface area contributed by atoms with E-state index in [0.717, 1.165) is 22.0 Å². The Labute approximate surface area is 216 Å². The Bertz CT molecular complexity index is 1440. The van der Waals surface area contributed by atoms with Crippen LogP contribution in [0.4, 0.5) is 0 Å². The molecule has 0 unspecified atom stereocenters. The van der Waals surface area contributed by atoms with Crippen LogP contribution in [0, 0.1) is 20.8 Å². The van der Waals surface area contributed by atoms with Crippen molar-refractivity contribution in [2.45, 2.75) is 66.7 Å². The molecule has 0 saturated carbocycles. The van der Waals surface area contributed by atoms with Crippen molar-refractivity contribution in [3.63, 3.8) is 0 Å². The molecule has 9 heteroatoms. The van der Waals surface area contributed by atoms with Gasteiger partial charge in [0.15, 0.2) is 5.82 Å². The summed E-state index contributed by atoms with van der Waals surface area (Å²) in [5, 5.41) is 13.2. The highest BCUT2D eigenvalue weighted by molar-refractivity contribution is 5.80. The number of aromatic nitrogens is 5. The van der Waals surface area contributed by atoms with Crippen LogP contribution in [0.3, 0.4) is 0 Å². The van der Waals surface area contributed by atoms with Gasteiger partial charge in [-0.2, -0.15) is 0 Å². The van der Waals surface area contributed by atoms with Crippen LogP contribution in [0.2, 0.25) is 0 Å². The predicted molar refractivity (Wildman–Crippen MR) is 142 cm³/mol. The molecule has 4 aromatic rings. The summed E-state index contributed by atoms with van der Waals surface area (Å²) < 4.78 is 6.60. The maximum Gasteiger partial charge on any atom is 0.327 e. The molecular weight excluding hydrogens is 468 g/mol. The molecule has 9 nitrogen and oxygen atoms in total. The van der Waals surface area contributed by atoms with E-state index in [-0.39, 0.29) is 24.8 Å². The molecule has 0 aliphatic rings. The first-order valence-electron chi connectivity index (χ1n) is 12.6. The van der Waals surface area contributed by atoms with Gasteiger partial charge in [0, 0.05) is 24.2 Å². The lowest BCUT2D eigenvalue weighted by Gasteiger charge is -2.30. The molecule has 0 aliphatic heterocycles. The van der Waals surface area contributed by atoms with Crippen LogP contribution >= 0.6 is 0 Å². The minimum absolute atomic E-state index is 0.0692. The number of hydrogen-bond donors (Lipinski definition) is 1. The summed E-state index contributed by atoms with van der Waals surface area (Å²) >= 11 is 0. The zero-order chi connectivity index (χ0) is 26.5. The number of tetrazole rings is 1. The number of H-pyrrole nitrogens is 1. The first-order chi connectivity index (χ1) is 17.8. The largest absolute Gasteiger partial charge is 0.465 e. The molecule has 0 radical (unpaired) electrons. The number of aromatic amines is 1. The number of carbonyl (C=O) groups is 1. The third-order valence-electron chi connectivity index (χ3n) is 6.68. The summed E-state index contributed by atoms with van der Waals surface area (Å²) in [4.78, 5) is 30.6. The highest BCUT2D eigenvalue weighted by Gasteiger charge is 2.27. The van der Waals surface area contributed by atoms with Crippen molar-refractivity contribution in [1.82, 2.24) is 30.1 Å². The molecule has 1 N–H and O–H groups in total. The number of nitrogens with zero attached hydrogens (tertiary/aromatic N) is 5. The maximum absolute atomic E-state index is 13.2. The number of hydrogen-bond acceptors (Lipinski definition) is 7. The second-order valence-corrected chi connectivity index (χ2v) is 9.46. The van der Waals surface area contributed by atoms with Gasteiger partial charge in [0.05, 0.1) is 12.6 Å². The normalized spacial score (nSPS) is 12.3. The number of fused-ring (bicyclic) bond motifs is 1. The minimum Gasteiger partial charge on any atom is -0.465 e. The van der Waals surface area contributed by atoms with Crippen molar-refractivity contribution in [3.8, 4) is 0 Å². The van der Waals surface area contributed by atoms with Crippen LogP contribution < -0.4 is 5.56 Å². The van der Waals surface area contributed by atoms with E-state index >= 15 is 0 Å². The lowest BCUT2D eigenvalue weighted by Crippen LogP contribution is -2.33. The van der Waals surface area contributed by atoms with Crippen LogP contribution in [0.1, 0.15) is 60.0 Å². The summed E-state index contributed by atoms with van der Waals surface area (Å²) in [7, 11) is 0. The number of pyridine rings is 1. The molecule has 0 spiro atoms. The van der Waals surface area contributed by atoms with Crippen molar-refractivity contribution >= 4 is 16.9 Å². The fourth-order valence-corrected chi connectivity index (χ4v) is 4.56. The number of benzene rings is 2. The van der Waals surface area contributed by atoms with Crippen LogP contribution in [0.25, 0.3) is 10.9 Å². The van der Waals surface area contributed by atoms with Crippen molar-refractivity contribution in [3.05, 3.63) is 86.5 Å². The van der Waals surface area contributed by atoms with Crippen LogP contribution in [-0.4, -0.2) is 42.7 Å². The van der Waals surface area contributed by atoms with Gasteiger partial charge in [0.1, 0.15) is 6.54 Å². The molecule has 4 rings (SSSR count). The van der Waals surface area contributed by atoms with Crippen molar-refractivity contribution in [2.24, 2.45) is 0 Å². The summed E-state index contributed by atoms with van der Waals surface area (Å²) in [5.41, 5.74) is 5.96. The molecule has 2 aromatic heterocycles. The molecule has 1 atom stereocenters. The number of esters is 1. The van der Waals surface area contributed by atoms with Gasteiger partial charge in [0.2, 0.25) is 0 Å². The first kappa shape index (κ1) is 26.2. The SMILES string of the molecule is CCOC(=O)Cn1nnnc1[C@@H](CC)N(Cc1ccc(C)cc1)Cc1cc2cc(C)c(C)cc2[nH]c1=O. The number of ether oxygens (including phenoxy) is 1. The third-order valence-corrected chi connectivity index (χ3v) is 6.68. The third kappa shape index (κ3) is 6.11. The van der Waals surface area contributed by atoms with Gasteiger partial charge in [-0.05, 0) is 84.8 Å². The standard InChI is InChI=1S/C28H34N6O3/c1-6-25(27-30-31-32-34(27)17-26(35)37-7-2)33(15-21-10-8-18(3)9-11-21)16-23-14-22-12-19(4)20(5)13-24(22)29-28(23)36/h8-14,25H,6-7,15-17H2,1-5H3,(H,29,36)/t25-/m1/s1. The van der Waals surface area contributed by atoms with Gasteiger partial charge in [-0.25, -0.2) is 4.68 Å². The maximum atomic E-state index is 13.2. The van der Waals surface area contributed by atoms with Crippen LogP contribution in [0.5, 0.6) is 0 Å². The molecule has 194 valence electrons. The van der Waals surface area contributed by atoms with E-state index in [1.165, 1.54) is 15.8 Å². The lowest BCUT2D eigenvalue weighted by atomic mass is 10.0. The fraction of sp³-hybridized carbons (Fsp3) is 0.393. The Kier molecular flexibility index (Phi) is 8.13. The van der Waals surface area contributed by atoms with Gasteiger partial charge >= 0.3 is 5.97 Å². The number of aryl methyl sites for hydroxylation is 3. The van der Waals surface area contributed by atoms with E-state index in [0.29, 0.717) is 30.9 Å². The Balaban J connectivity index is 1.73. The Morgan fingerprint density at radius 2 is 1.78 bits per heavy atom. The quantitative estimate of drug-likeness (QED) is 0.325. The molecule has 0 saturated heterocycles. The van der Waals surface area contributed by atoms with Gasteiger partial charge in [-0.3, -0.25) is 14.5 Å². The van der Waals surface area contributed by atoms with Gasteiger partial charge in [-0.1, -0.05) is 36.8 Å². The van der Waals surface area contributed by atoms with Crippen molar-refractivity contribution in [2.75, 3.05) is 6.61 Å². The minimum atomic E-state index is -0.396. The number of rotatable bonds is 10. The van der Waals surface area contributed by atoms with E-state index < -0.39 is 5.97 Å². The van der Waals surface area contributed by atoms with Gasteiger partial charge < -0.3 is 9.72 Å². The summed E-state index contributed by atoms with van der Waals surface area (Å²) in [6.45, 7) is 11.2. The lowest BCUT2D eigenvalue weighted by molar-refractivity contribution is -0.144. The van der Waals surface area contributed by atoms with Gasteiger partial charge in [-0.15, -0.1) is 5.10 Å². The fourth-order valence-electron chi connectivity index (χ4n) is 4.56. The average molecular weight is 503 g/mol.